The van der Waals surface area contributed by atoms with Crippen molar-refractivity contribution >= 4 is 0 Å². The number of ether oxygens (including phenoxy) is 2. The first-order valence-corrected chi connectivity index (χ1v) is 7.46. The van der Waals surface area contributed by atoms with Crippen molar-refractivity contribution < 1.29 is 14.0 Å². The van der Waals surface area contributed by atoms with Gasteiger partial charge in [-0.15, -0.1) is 0 Å². The first kappa shape index (κ1) is 15.4. The lowest BCUT2D eigenvalue weighted by Crippen LogP contribution is -2.40. The second kappa shape index (κ2) is 8.34. The fourth-order valence-corrected chi connectivity index (χ4v) is 2.56. The number of likely N-dealkylation sites (tertiary alicyclic amines) is 1. The first-order valence-electron chi connectivity index (χ1n) is 7.46. The van der Waals surface area contributed by atoms with Crippen molar-refractivity contribution in [2.24, 2.45) is 0 Å². The van der Waals surface area contributed by atoms with Gasteiger partial charge in [0.15, 0.2) is 5.82 Å². The molecule has 0 radical (unpaired) electrons. The Balaban J connectivity index is 1.66. The SMILES string of the molecule is CCCN1CCCC(OCCc2noc(COC)n2)C1. The van der Waals surface area contributed by atoms with Crippen LogP contribution in [0.1, 0.15) is 37.9 Å². The van der Waals surface area contributed by atoms with E-state index in [4.69, 9.17) is 14.0 Å². The van der Waals surface area contributed by atoms with Crippen molar-refractivity contribution in [1.29, 1.82) is 0 Å². The Morgan fingerprint density at radius 1 is 1.45 bits per heavy atom. The van der Waals surface area contributed by atoms with Gasteiger partial charge in [-0.1, -0.05) is 12.1 Å². The molecule has 0 bridgehead atoms. The lowest BCUT2D eigenvalue weighted by Gasteiger charge is -2.32. The van der Waals surface area contributed by atoms with Crippen LogP contribution in [0.3, 0.4) is 0 Å². The Morgan fingerprint density at radius 3 is 3.15 bits per heavy atom. The van der Waals surface area contributed by atoms with Crippen LogP contribution >= 0.6 is 0 Å². The monoisotopic (exact) mass is 283 g/mol. The molecule has 6 heteroatoms. The molecule has 20 heavy (non-hydrogen) atoms. The van der Waals surface area contributed by atoms with Crippen LogP contribution < -0.4 is 0 Å². The zero-order valence-electron chi connectivity index (χ0n) is 12.5. The van der Waals surface area contributed by atoms with Gasteiger partial charge in [-0.05, 0) is 32.4 Å². The molecule has 0 aromatic carbocycles. The minimum atomic E-state index is 0.348. The molecule has 2 rings (SSSR count). The highest BCUT2D eigenvalue weighted by atomic mass is 16.5. The average Bonchev–Trinajstić information content (AvgIpc) is 2.88. The summed E-state index contributed by atoms with van der Waals surface area (Å²) in [5.74, 6) is 1.22. The normalized spacial score (nSPS) is 20.4. The third kappa shape index (κ3) is 4.85. The molecule has 0 spiro atoms. The van der Waals surface area contributed by atoms with Crippen LogP contribution in [0.5, 0.6) is 0 Å². The van der Waals surface area contributed by atoms with E-state index >= 15 is 0 Å². The van der Waals surface area contributed by atoms with Crippen molar-refractivity contribution in [3.63, 3.8) is 0 Å². The number of hydrogen-bond donors (Lipinski definition) is 0. The molecule has 1 fully saturated rings. The van der Waals surface area contributed by atoms with Gasteiger partial charge < -0.3 is 18.9 Å². The molecular weight excluding hydrogens is 258 g/mol. The molecule has 1 saturated heterocycles. The van der Waals surface area contributed by atoms with Gasteiger partial charge >= 0.3 is 0 Å². The predicted molar refractivity (Wildman–Crippen MR) is 74.4 cm³/mol. The standard InChI is InChI=1S/C14H25N3O3/c1-3-7-17-8-4-5-12(10-17)19-9-6-13-15-14(11-18-2)20-16-13/h12H,3-11H2,1-2H3. The minimum Gasteiger partial charge on any atom is -0.376 e. The van der Waals surface area contributed by atoms with Crippen LogP contribution in [0.2, 0.25) is 0 Å². The fraction of sp³-hybridized carbons (Fsp3) is 0.857. The van der Waals surface area contributed by atoms with Crippen molar-refractivity contribution in [3.8, 4) is 0 Å². The number of hydrogen-bond acceptors (Lipinski definition) is 6. The van der Waals surface area contributed by atoms with Gasteiger partial charge in [0, 0.05) is 20.1 Å². The van der Waals surface area contributed by atoms with Gasteiger partial charge in [0.05, 0.1) is 12.7 Å². The summed E-state index contributed by atoms with van der Waals surface area (Å²) in [5.41, 5.74) is 0. The molecule has 6 nitrogen and oxygen atoms in total. The van der Waals surface area contributed by atoms with E-state index in [1.165, 1.54) is 25.9 Å². The second-order valence-corrected chi connectivity index (χ2v) is 5.22. The van der Waals surface area contributed by atoms with Crippen molar-refractivity contribution in [2.75, 3.05) is 33.4 Å². The first-order chi connectivity index (χ1) is 9.81. The van der Waals surface area contributed by atoms with Crippen LogP contribution in [0.15, 0.2) is 4.52 Å². The summed E-state index contributed by atoms with van der Waals surface area (Å²) in [6.07, 6.45) is 4.63. The minimum absolute atomic E-state index is 0.348. The molecule has 0 amide bonds. The summed E-state index contributed by atoms with van der Waals surface area (Å²) in [4.78, 5) is 6.72. The van der Waals surface area contributed by atoms with E-state index in [2.05, 4.69) is 22.0 Å². The molecule has 1 aliphatic heterocycles. The van der Waals surface area contributed by atoms with Gasteiger partial charge in [-0.3, -0.25) is 0 Å². The van der Waals surface area contributed by atoms with Crippen LogP contribution in [-0.4, -0.2) is 54.5 Å². The van der Waals surface area contributed by atoms with E-state index in [0.717, 1.165) is 13.0 Å². The summed E-state index contributed by atoms with van der Waals surface area (Å²) in [7, 11) is 1.61. The van der Waals surface area contributed by atoms with E-state index in [9.17, 15) is 0 Å². The molecule has 0 N–H and O–H groups in total. The Morgan fingerprint density at radius 2 is 2.35 bits per heavy atom. The summed E-state index contributed by atoms with van der Waals surface area (Å²) < 4.78 is 15.9. The summed E-state index contributed by atoms with van der Waals surface area (Å²) in [6, 6.07) is 0. The molecule has 114 valence electrons. The third-order valence-corrected chi connectivity index (χ3v) is 3.46. The van der Waals surface area contributed by atoms with Crippen LogP contribution in [-0.2, 0) is 22.5 Å². The van der Waals surface area contributed by atoms with Crippen LogP contribution in [0.4, 0.5) is 0 Å². The zero-order valence-corrected chi connectivity index (χ0v) is 12.5. The van der Waals surface area contributed by atoms with Crippen molar-refractivity contribution in [1.82, 2.24) is 15.0 Å². The smallest absolute Gasteiger partial charge is 0.252 e. The maximum atomic E-state index is 5.94. The highest BCUT2D eigenvalue weighted by Gasteiger charge is 2.19. The number of piperidine rings is 1. The Bertz CT molecular complexity index is 381. The van der Waals surface area contributed by atoms with E-state index in [1.807, 2.05) is 0 Å². The molecule has 2 heterocycles. The Labute approximate surface area is 120 Å². The molecule has 1 atom stereocenters. The number of methoxy groups -OCH3 is 1. The maximum Gasteiger partial charge on any atom is 0.252 e. The number of nitrogens with zero attached hydrogens (tertiary/aromatic N) is 3. The van der Waals surface area contributed by atoms with Gasteiger partial charge in [0.2, 0.25) is 0 Å². The van der Waals surface area contributed by atoms with E-state index < -0.39 is 0 Å². The molecule has 1 aromatic heterocycles. The second-order valence-electron chi connectivity index (χ2n) is 5.22. The summed E-state index contributed by atoms with van der Waals surface area (Å²) >= 11 is 0. The quantitative estimate of drug-likeness (QED) is 0.723. The van der Waals surface area contributed by atoms with Crippen LogP contribution in [0, 0.1) is 0 Å². The van der Waals surface area contributed by atoms with Gasteiger partial charge in [0.25, 0.3) is 5.89 Å². The van der Waals surface area contributed by atoms with Gasteiger partial charge in [0.1, 0.15) is 6.61 Å². The largest absolute Gasteiger partial charge is 0.376 e. The fourth-order valence-electron chi connectivity index (χ4n) is 2.56. The number of aromatic nitrogens is 2. The Hall–Kier alpha value is -0.980. The molecule has 0 aliphatic carbocycles. The maximum absolute atomic E-state index is 5.94. The lowest BCUT2D eigenvalue weighted by atomic mass is 10.1. The van der Waals surface area contributed by atoms with E-state index in [-0.39, 0.29) is 0 Å². The molecule has 1 unspecified atom stereocenters. The van der Waals surface area contributed by atoms with Crippen molar-refractivity contribution in [2.45, 2.75) is 45.3 Å². The highest BCUT2D eigenvalue weighted by Crippen LogP contribution is 2.13. The van der Waals surface area contributed by atoms with E-state index in [0.29, 0.717) is 37.5 Å². The number of rotatable bonds is 8. The van der Waals surface area contributed by atoms with Gasteiger partial charge in [-0.25, -0.2) is 0 Å². The molecular formula is C14H25N3O3. The van der Waals surface area contributed by atoms with Gasteiger partial charge in [-0.2, -0.15) is 4.98 Å². The summed E-state index contributed by atoms with van der Waals surface area (Å²) in [6.45, 7) is 6.66. The summed E-state index contributed by atoms with van der Waals surface area (Å²) in [5, 5.41) is 3.91. The predicted octanol–water partition coefficient (Wildman–Crippen LogP) is 1.65. The lowest BCUT2D eigenvalue weighted by molar-refractivity contribution is 0.000568. The van der Waals surface area contributed by atoms with Crippen LogP contribution in [0.25, 0.3) is 0 Å². The van der Waals surface area contributed by atoms with E-state index in [1.54, 1.807) is 7.11 Å². The highest BCUT2D eigenvalue weighted by molar-refractivity contribution is 4.85. The van der Waals surface area contributed by atoms with Crippen molar-refractivity contribution in [3.05, 3.63) is 11.7 Å². The Kier molecular flexibility index (Phi) is 6.42. The molecule has 1 aliphatic rings. The average molecular weight is 283 g/mol. The zero-order chi connectivity index (χ0) is 14.2. The molecule has 1 aromatic rings. The molecule has 0 saturated carbocycles. The third-order valence-electron chi connectivity index (χ3n) is 3.46. The topological polar surface area (TPSA) is 60.6 Å².